The first-order valence-electron chi connectivity index (χ1n) is 15.3. The van der Waals surface area contributed by atoms with Crippen LogP contribution in [0.5, 0.6) is 11.5 Å². The van der Waals surface area contributed by atoms with Gasteiger partial charge in [-0.15, -0.1) is 41.3 Å². The first-order valence-corrected chi connectivity index (χ1v) is 15.3. The van der Waals surface area contributed by atoms with E-state index in [1.165, 1.54) is 16.7 Å². The van der Waals surface area contributed by atoms with Crippen LogP contribution in [0, 0.1) is 32.9 Å². The summed E-state index contributed by atoms with van der Waals surface area (Å²) in [5.74, 6) is 1.86. The van der Waals surface area contributed by atoms with Crippen LogP contribution in [0.15, 0.2) is 109 Å². The van der Waals surface area contributed by atoms with Crippen molar-refractivity contribution in [2.45, 2.75) is 20.8 Å². The zero-order chi connectivity index (χ0) is 30.9. The third kappa shape index (κ3) is 4.63. The number of aromatic nitrogens is 5. The molecule has 0 atom stereocenters. The second-order valence-corrected chi connectivity index (χ2v) is 11.7. The van der Waals surface area contributed by atoms with Gasteiger partial charge in [0.15, 0.2) is 5.65 Å². The molecular formula is C40H27N5OPt. The van der Waals surface area contributed by atoms with Crippen LogP contribution in [0.2, 0.25) is 0 Å². The Morgan fingerprint density at radius 1 is 0.638 bits per heavy atom. The number of benzene rings is 5. The predicted molar refractivity (Wildman–Crippen MR) is 184 cm³/mol. The second-order valence-electron chi connectivity index (χ2n) is 11.7. The number of rotatable bonds is 4. The molecule has 9 rings (SSSR count). The molecule has 0 radical (unpaired) electrons. The van der Waals surface area contributed by atoms with E-state index in [2.05, 4.69) is 109 Å². The van der Waals surface area contributed by atoms with Crippen molar-refractivity contribution in [1.82, 2.24) is 24.1 Å². The van der Waals surface area contributed by atoms with E-state index in [-0.39, 0.29) is 21.1 Å². The molecule has 0 N–H and O–H groups in total. The summed E-state index contributed by atoms with van der Waals surface area (Å²) in [4.78, 5) is 9.55. The van der Waals surface area contributed by atoms with Crippen molar-refractivity contribution >= 4 is 49.3 Å². The van der Waals surface area contributed by atoms with Gasteiger partial charge < -0.3 is 9.30 Å². The van der Waals surface area contributed by atoms with E-state index in [0.717, 1.165) is 60.5 Å². The average molecular weight is 789 g/mol. The molecule has 0 unspecified atom stereocenters. The zero-order valence-corrected chi connectivity index (χ0v) is 28.1. The Kier molecular flexibility index (Phi) is 6.92. The van der Waals surface area contributed by atoms with Crippen molar-refractivity contribution in [3.63, 3.8) is 0 Å². The van der Waals surface area contributed by atoms with E-state index in [0.29, 0.717) is 17.3 Å². The third-order valence-electron chi connectivity index (χ3n) is 8.78. The molecule has 0 fully saturated rings. The minimum absolute atomic E-state index is 0. The Hall–Kier alpha value is -5.32. The number of hydrogen-bond donors (Lipinski definition) is 0. The van der Waals surface area contributed by atoms with Crippen LogP contribution in [-0.2, 0) is 21.1 Å². The maximum Gasteiger partial charge on any atom is 2.00 e. The second kappa shape index (κ2) is 11.2. The molecule has 0 spiro atoms. The standard InChI is InChI=1S/C40H27N5O.Pt/c1-24-10-8-11-25(2)38(24)27-20-28(44-36-16-7-6-13-32(36)35-15-9-19-41-39(35)44)22-30(21-27)46-29-17-18-33-31-12-4-5-14-34(31)40-42-26(3)43-45(40)37(33)23-29;/h4-21H,1-3H3;/q-2;+2. The first-order chi connectivity index (χ1) is 22.5. The molecule has 0 aliphatic rings. The Balaban J connectivity index is 0.00000324. The maximum atomic E-state index is 6.65. The van der Waals surface area contributed by atoms with Crippen LogP contribution in [-0.4, -0.2) is 24.1 Å². The van der Waals surface area contributed by atoms with E-state index >= 15 is 0 Å². The van der Waals surface area contributed by atoms with Crippen molar-refractivity contribution in [3.8, 4) is 28.3 Å². The first kappa shape index (κ1) is 29.1. The summed E-state index contributed by atoms with van der Waals surface area (Å²) in [6.45, 7) is 6.20. The summed E-state index contributed by atoms with van der Waals surface area (Å²) in [5.41, 5.74) is 8.99. The molecule has 5 aromatic carbocycles. The van der Waals surface area contributed by atoms with Crippen molar-refractivity contribution in [1.29, 1.82) is 0 Å². The van der Waals surface area contributed by atoms with Gasteiger partial charge in [-0.3, -0.25) is 0 Å². The average Bonchev–Trinajstić information content (AvgIpc) is 3.63. The SMILES string of the molecule is Cc1nc2c3ccccc3c3ccc(Oc4[c-]c(-n5c6ccccc6c6cccnc65)cc(-c5c(C)cccc5C)c4)[c-]c3n2n1.[Pt+2]. The molecule has 0 saturated carbocycles. The smallest absolute Gasteiger partial charge is 0.509 e. The predicted octanol–water partition coefficient (Wildman–Crippen LogP) is 9.51. The molecule has 0 aliphatic heterocycles. The van der Waals surface area contributed by atoms with Crippen LogP contribution in [0.3, 0.4) is 0 Å². The van der Waals surface area contributed by atoms with Crippen LogP contribution in [0.4, 0.5) is 0 Å². The third-order valence-corrected chi connectivity index (χ3v) is 8.78. The molecule has 0 saturated heterocycles. The number of fused-ring (bicyclic) bond motifs is 9. The molecule has 4 aromatic heterocycles. The van der Waals surface area contributed by atoms with Gasteiger partial charge in [-0.1, -0.05) is 71.7 Å². The molecule has 6 nitrogen and oxygen atoms in total. The van der Waals surface area contributed by atoms with Gasteiger partial charge in [0, 0.05) is 33.9 Å². The van der Waals surface area contributed by atoms with E-state index in [1.807, 2.05) is 41.9 Å². The van der Waals surface area contributed by atoms with Gasteiger partial charge in [-0.25, -0.2) is 14.5 Å². The summed E-state index contributed by atoms with van der Waals surface area (Å²) in [5, 5.41) is 10.1. The minimum atomic E-state index is 0. The molecular weight excluding hydrogens is 762 g/mol. The summed E-state index contributed by atoms with van der Waals surface area (Å²) in [6, 6.07) is 42.6. The van der Waals surface area contributed by atoms with Gasteiger partial charge >= 0.3 is 21.1 Å². The zero-order valence-electron chi connectivity index (χ0n) is 25.9. The van der Waals surface area contributed by atoms with E-state index < -0.39 is 0 Å². The number of para-hydroxylation sites is 1. The van der Waals surface area contributed by atoms with Gasteiger partial charge in [0.1, 0.15) is 11.5 Å². The van der Waals surface area contributed by atoms with Crippen molar-refractivity contribution in [3.05, 3.63) is 138 Å². The number of nitrogens with zero attached hydrogens (tertiary/aromatic N) is 5. The number of ether oxygens (including phenoxy) is 1. The number of pyridine rings is 2. The van der Waals surface area contributed by atoms with Gasteiger partial charge in [0.25, 0.3) is 0 Å². The van der Waals surface area contributed by atoms with Gasteiger partial charge in [0.2, 0.25) is 0 Å². The fraction of sp³-hybridized carbons (Fsp3) is 0.0750. The van der Waals surface area contributed by atoms with Gasteiger partial charge in [-0.05, 0) is 61.2 Å². The Bertz CT molecular complexity index is 2600. The Labute approximate surface area is 285 Å². The molecule has 47 heavy (non-hydrogen) atoms. The Morgan fingerprint density at radius 3 is 2.19 bits per heavy atom. The molecule has 0 bridgehead atoms. The quantitative estimate of drug-likeness (QED) is 0.132. The topological polar surface area (TPSA) is 57.2 Å². The van der Waals surface area contributed by atoms with Crippen molar-refractivity contribution < 1.29 is 25.8 Å². The van der Waals surface area contributed by atoms with Crippen molar-refractivity contribution in [2.75, 3.05) is 0 Å². The van der Waals surface area contributed by atoms with E-state index in [9.17, 15) is 0 Å². The van der Waals surface area contributed by atoms with E-state index in [1.54, 1.807) is 0 Å². The largest absolute Gasteiger partial charge is 2.00 e. The molecule has 4 heterocycles. The van der Waals surface area contributed by atoms with Crippen LogP contribution in [0.1, 0.15) is 17.0 Å². The van der Waals surface area contributed by atoms with Gasteiger partial charge in [0.05, 0.1) is 5.52 Å². The molecule has 0 amide bonds. The minimum Gasteiger partial charge on any atom is -0.509 e. The number of aryl methyl sites for hydroxylation is 3. The molecule has 0 aliphatic carbocycles. The normalized spacial score (nSPS) is 11.6. The van der Waals surface area contributed by atoms with Crippen LogP contribution in [0.25, 0.3) is 66.1 Å². The summed E-state index contributed by atoms with van der Waals surface area (Å²) < 4.78 is 10.7. The number of hydrogen-bond acceptors (Lipinski definition) is 4. The van der Waals surface area contributed by atoms with Crippen LogP contribution >= 0.6 is 0 Å². The van der Waals surface area contributed by atoms with E-state index in [4.69, 9.17) is 19.8 Å². The maximum absolute atomic E-state index is 6.65. The fourth-order valence-electron chi connectivity index (χ4n) is 6.84. The van der Waals surface area contributed by atoms with Crippen LogP contribution < -0.4 is 4.74 Å². The van der Waals surface area contributed by atoms with Gasteiger partial charge in [-0.2, -0.15) is 11.2 Å². The molecule has 9 aromatic rings. The fourth-order valence-corrected chi connectivity index (χ4v) is 6.84. The summed E-state index contributed by atoms with van der Waals surface area (Å²) in [6.07, 6.45) is 1.84. The summed E-state index contributed by atoms with van der Waals surface area (Å²) in [7, 11) is 0. The monoisotopic (exact) mass is 788 g/mol. The molecule has 7 heteroatoms. The Morgan fingerprint density at radius 2 is 1.36 bits per heavy atom. The summed E-state index contributed by atoms with van der Waals surface area (Å²) >= 11 is 0. The molecule has 228 valence electrons. The van der Waals surface area contributed by atoms with Crippen molar-refractivity contribution in [2.24, 2.45) is 0 Å².